The van der Waals surface area contributed by atoms with Crippen LogP contribution < -0.4 is 4.31 Å². The Morgan fingerprint density at radius 2 is 1.73 bits per heavy atom. The van der Waals surface area contributed by atoms with Gasteiger partial charge in [-0.05, 0) is 49.5 Å². The third kappa shape index (κ3) is 2.88. The number of carbonyl (C=O) groups excluding carboxylic acids is 2. The molecule has 0 radical (unpaired) electrons. The lowest BCUT2D eigenvalue weighted by atomic mass is 9.75. The van der Waals surface area contributed by atoms with Crippen LogP contribution in [0.1, 0.15) is 32.3 Å². The van der Waals surface area contributed by atoms with E-state index in [1.54, 1.807) is 23.8 Å². The van der Waals surface area contributed by atoms with Crippen molar-refractivity contribution >= 4 is 59.1 Å². The molecule has 182 valence electrons. The van der Waals surface area contributed by atoms with E-state index in [0.29, 0.717) is 24.3 Å². The zero-order valence-electron chi connectivity index (χ0n) is 19.8. The topological polar surface area (TPSA) is 78.0 Å². The quantitative estimate of drug-likeness (QED) is 0.546. The van der Waals surface area contributed by atoms with E-state index in [-0.39, 0.29) is 17.6 Å². The van der Waals surface area contributed by atoms with Crippen LogP contribution in [0.2, 0.25) is 0 Å². The first-order chi connectivity index (χ1) is 15.3. The van der Waals surface area contributed by atoms with Gasteiger partial charge in [-0.1, -0.05) is 46.7 Å². The number of hydrogen-bond acceptors (Lipinski definition) is 6. The van der Waals surface area contributed by atoms with Gasteiger partial charge in [0, 0.05) is 18.9 Å². The highest BCUT2D eigenvalue weighted by Gasteiger charge is 2.78. The fourth-order valence-electron chi connectivity index (χ4n) is 5.71. The molecule has 2 amide bonds. The average Bonchev–Trinajstić information content (AvgIpc) is 3.20. The van der Waals surface area contributed by atoms with Gasteiger partial charge in [-0.2, -0.15) is 0 Å². The summed E-state index contributed by atoms with van der Waals surface area (Å²) in [6, 6.07) is 7.61. The molecule has 2 bridgehead atoms. The molecular formula is C22H31N3O4S4. The van der Waals surface area contributed by atoms with Crippen molar-refractivity contribution in [3.8, 4) is 0 Å². The summed E-state index contributed by atoms with van der Waals surface area (Å²) in [5.74, 6) is 0.328. The predicted molar refractivity (Wildman–Crippen MR) is 139 cm³/mol. The van der Waals surface area contributed by atoms with E-state index in [1.165, 1.54) is 25.9 Å². The second kappa shape index (κ2) is 7.01. The zero-order chi connectivity index (χ0) is 24.2. The van der Waals surface area contributed by atoms with Crippen molar-refractivity contribution in [2.75, 3.05) is 41.6 Å². The number of fused-ring (bicyclic) bond motifs is 5. The minimum absolute atomic E-state index is 0.0263. The number of anilines is 1. The van der Waals surface area contributed by atoms with Gasteiger partial charge in [0.1, 0.15) is 6.17 Å². The maximum Gasteiger partial charge on any atom is 0.262 e. The molecule has 4 fully saturated rings. The Labute approximate surface area is 205 Å². The fraction of sp³-hybridized carbons (Fsp3) is 0.636. The summed E-state index contributed by atoms with van der Waals surface area (Å²) < 4.78 is 29.4. The number of sulfonamides is 1. The van der Waals surface area contributed by atoms with Crippen molar-refractivity contribution in [2.45, 2.75) is 48.0 Å². The first-order valence-electron chi connectivity index (χ1n) is 11.0. The largest absolute Gasteiger partial charge is 0.319 e. The van der Waals surface area contributed by atoms with Gasteiger partial charge in [0.25, 0.3) is 11.8 Å². The number of nitrogens with zero attached hydrogens (tertiary/aromatic N) is 3. The molecule has 7 nitrogen and oxygen atoms in total. The molecule has 33 heavy (non-hydrogen) atoms. The molecule has 5 aliphatic rings. The van der Waals surface area contributed by atoms with Gasteiger partial charge in [-0.3, -0.25) is 14.5 Å². The fourth-order valence-corrected chi connectivity index (χ4v) is 13.3. The number of carbonyl (C=O) groups is 2. The SMILES string of the molecule is CC[C@]12C[C@@]34SS[C@@](C)(C(=O)N3[C@H]1N(S(=O)(=O)CCS(C)(C)C)c1ccccc12)N(C)C4=O. The van der Waals surface area contributed by atoms with Crippen LogP contribution in [0.5, 0.6) is 0 Å². The number of piperazine rings is 1. The van der Waals surface area contributed by atoms with Crippen LogP contribution in [-0.4, -0.2) is 83.3 Å². The first kappa shape index (κ1) is 23.7. The van der Waals surface area contributed by atoms with Crippen LogP contribution in [0, 0.1) is 0 Å². The molecule has 11 heteroatoms. The van der Waals surface area contributed by atoms with E-state index in [1.807, 2.05) is 31.2 Å². The van der Waals surface area contributed by atoms with E-state index in [4.69, 9.17) is 0 Å². The molecule has 5 heterocycles. The molecule has 4 saturated heterocycles. The summed E-state index contributed by atoms with van der Waals surface area (Å²) in [5.41, 5.74) is 0.949. The van der Waals surface area contributed by atoms with E-state index in [0.717, 1.165) is 5.56 Å². The summed E-state index contributed by atoms with van der Waals surface area (Å²) in [4.78, 5) is 28.7. The van der Waals surface area contributed by atoms with Gasteiger partial charge in [-0.25, -0.2) is 22.8 Å². The molecule has 1 aromatic carbocycles. The van der Waals surface area contributed by atoms with Gasteiger partial charge >= 0.3 is 0 Å². The van der Waals surface area contributed by atoms with Crippen LogP contribution in [0.3, 0.4) is 0 Å². The van der Waals surface area contributed by atoms with E-state index in [9.17, 15) is 18.0 Å². The lowest BCUT2D eigenvalue weighted by Crippen LogP contribution is -2.76. The Kier molecular flexibility index (Phi) is 5.03. The second-order valence-corrected chi connectivity index (χ2v) is 19.8. The molecule has 0 aromatic heterocycles. The molecule has 1 spiro atoms. The Morgan fingerprint density at radius 3 is 2.36 bits per heavy atom. The van der Waals surface area contributed by atoms with Crippen LogP contribution in [0.15, 0.2) is 24.3 Å². The summed E-state index contributed by atoms with van der Waals surface area (Å²) >= 11 is 0. The van der Waals surface area contributed by atoms with E-state index >= 15 is 0 Å². The molecule has 1 aromatic rings. The van der Waals surface area contributed by atoms with E-state index < -0.39 is 41.4 Å². The number of amides is 2. The zero-order valence-corrected chi connectivity index (χ0v) is 23.1. The summed E-state index contributed by atoms with van der Waals surface area (Å²) in [5, 5.41) is 0. The number of hydrogen-bond donors (Lipinski definition) is 0. The van der Waals surface area contributed by atoms with Crippen LogP contribution in [0.25, 0.3) is 0 Å². The summed E-state index contributed by atoms with van der Waals surface area (Å²) in [6.45, 7) is 3.81. The van der Waals surface area contributed by atoms with Crippen molar-refractivity contribution in [1.29, 1.82) is 0 Å². The number of benzene rings is 1. The molecule has 0 N–H and O–H groups in total. The van der Waals surface area contributed by atoms with Gasteiger partial charge < -0.3 is 4.90 Å². The Bertz CT molecular complexity index is 1170. The average molecular weight is 530 g/mol. The first-order valence-corrected chi connectivity index (χ1v) is 17.8. The monoisotopic (exact) mass is 529 g/mol. The van der Waals surface area contributed by atoms with Gasteiger partial charge in [0.15, 0.2) is 9.74 Å². The molecule has 4 atom stereocenters. The highest BCUT2D eigenvalue weighted by molar-refractivity contribution is 8.78. The van der Waals surface area contributed by atoms with Crippen molar-refractivity contribution in [3.63, 3.8) is 0 Å². The molecule has 0 saturated carbocycles. The van der Waals surface area contributed by atoms with Crippen molar-refractivity contribution in [1.82, 2.24) is 9.80 Å². The Balaban J connectivity index is 1.73. The normalized spacial score (nSPS) is 35.7. The predicted octanol–water partition coefficient (Wildman–Crippen LogP) is 3.02. The summed E-state index contributed by atoms with van der Waals surface area (Å²) in [7, 11) is -0.224. The molecule has 0 unspecified atom stereocenters. The molecular weight excluding hydrogens is 499 g/mol. The highest BCUT2D eigenvalue weighted by atomic mass is 33.1. The maximum atomic E-state index is 14.0. The minimum Gasteiger partial charge on any atom is -0.319 e. The Morgan fingerprint density at radius 1 is 1.06 bits per heavy atom. The molecule has 5 aliphatic heterocycles. The Hall–Kier alpha value is -1.04. The lowest BCUT2D eigenvalue weighted by molar-refractivity contribution is -0.163. The summed E-state index contributed by atoms with van der Waals surface area (Å²) in [6.07, 6.45) is 6.65. The van der Waals surface area contributed by atoms with Crippen LogP contribution in [-0.2, 0) is 25.0 Å². The van der Waals surface area contributed by atoms with Crippen molar-refractivity contribution in [2.24, 2.45) is 0 Å². The second-order valence-electron chi connectivity index (χ2n) is 10.5. The number of rotatable bonds is 5. The number of para-hydroxylation sites is 1. The standard InChI is InChI=1S/C22H31N3O4S4/c1-7-21-14-22-19(27)23(3)20(2,30-31-22)18(26)24(22)17(21)25(16-11-9-8-10-15(16)21)33(28,29)13-12-32(4,5)6/h8-11,17H,7,12-14H2,1-6H3/t17-,20-,21+,22-/m0/s1. The van der Waals surface area contributed by atoms with Gasteiger partial charge in [-0.15, -0.1) is 0 Å². The molecule has 0 aliphatic carbocycles. The number of likely N-dealkylation sites (N-methyl/N-ethyl adjacent to an activating group) is 1. The van der Waals surface area contributed by atoms with Crippen LogP contribution in [0.4, 0.5) is 5.69 Å². The third-order valence-electron chi connectivity index (χ3n) is 7.70. The maximum absolute atomic E-state index is 14.0. The van der Waals surface area contributed by atoms with Crippen molar-refractivity contribution < 1.29 is 18.0 Å². The van der Waals surface area contributed by atoms with Crippen molar-refractivity contribution in [3.05, 3.63) is 29.8 Å². The lowest BCUT2D eigenvalue weighted by Gasteiger charge is -2.58. The van der Waals surface area contributed by atoms with Gasteiger partial charge in [0.05, 0.1) is 11.4 Å². The van der Waals surface area contributed by atoms with Gasteiger partial charge in [0.2, 0.25) is 10.0 Å². The minimum atomic E-state index is -3.73. The molecule has 6 rings (SSSR count). The third-order valence-corrected chi connectivity index (χ3v) is 14.8. The van der Waals surface area contributed by atoms with Crippen LogP contribution >= 0.6 is 31.6 Å². The smallest absolute Gasteiger partial charge is 0.262 e. The van der Waals surface area contributed by atoms with E-state index in [2.05, 4.69) is 18.8 Å². The highest BCUT2D eigenvalue weighted by Crippen LogP contribution is 2.70.